The van der Waals surface area contributed by atoms with Gasteiger partial charge in [-0.2, -0.15) is 5.10 Å². The van der Waals surface area contributed by atoms with Crippen LogP contribution in [0.25, 0.3) is 0 Å². The Kier molecular flexibility index (Phi) is 0.636. The minimum absolute atomic E-state index is 0.684. The summed E-state index contributed by atoms with van der Waals surface area (Å²) in [5.41, 5.74) is 2.13. The zero-order chi connectivity index (χ0) is 6.60. The molecule has 1 saturated carbocycles. The van der Waals surface area contributed by atoms with Crippen LogP contribution in [-0.2, 0) is 13.0 Å². The van der Waals surface area contributed by atoms with Crippen LogP contribution in [0.4, 0.5) is 0 Å². The van der Waals surface area contributed by atoms with E-state index in [-0.39, 0.29) is 0 Å². The van der Waals surface area contributed by atoms with Crippen molar-refractivity contribution in [2.45, 2.75) is 25.8 Å². The molecule has 0 unspecified atom stereocenters. The van der Waals surface area contributed by atoms with Gasteiger partial charge in [0.15, 0.2) is 0 Å². The fourth-order valence-corrected chi connectivity index (χ4v) is 1.92. The molecule has 1 spiro atoms. The summed E-state index contributed by atoms with van der Waals surface area (Å²) in [6.45, 7) is 1.19. The number of fused-ring (bicyclic) bond motifs is 1. The van der Waals surface area contributed by atoms with Crippen molar-refractivity contribution >= 4 is 0 Å². The lowest BCUT2D eigenvalue weighted by Crippen LogP contribution is -2.02. The minimum Gasteiger partial charge on any atom is -0.269 e. The molecule has 1 aromatic rings. The van der Waals surface area contributed by atoms with Crippen molar-refractivity contribution < 1.29 is 0 Å². The van der Waals surface area contributed by atoms with Crippen molar-refractivity contribution in [2.75, 3.05) is 0 Å². The lowest BCUT2D eigenvalue weighted by Gasteiger charge is -1.99. The molecule has 0 bridgehead atoms. The Bertz CT molecular complexity index is 248. The average Bonchev–Trinajstić information content (AvgIpc) is 2.28. The summed E-state index contributed by atoms with van der Waals surface area (Å²) in [7, 11) is 0. The van der Waals surface area contributed by atoms with Crippen molar-refractivity contribution in [1.82, 2.24) is 9.78 Å². The van der Waals surface area contributed by atoms with Gasteiger partial charge in [-0.15, -0.1) is 0 Å². The highest BCUT2D eigenvalue weighted by Crippen LogP contribution is 2.52. The fraction of sp³-hybridized carbons (Fsp3) is 0.625. The van der Waals surface area contributed by atoms with E-state index in [0.29, 0.717) is 5.41 Å². The van der Waals surface area contributed by atoms with E-state index in [9.17, 15) is 0 Å². The molecule has 0 amide bonds. The van der Waals surface area contributed by atoms with Gasteiger partial charge in [-0.1, -0.05) is 0 Å². The van der Waals surface area contributed by atoms with Crippen LogP contribution in [0.15, 0.2) is 12.3 Å². The molecule has 2 aliphatic rings. The maximum absolute atomic E-state index is 4.25. The number of hydrogen-bond donors (Lipinski definition) is 0. The van der Waals surface area contributed by atoms with Gasteiger partial charge < -0.3 is 0 Å². The predicted molar refractivity (Wildman–Crippen MR) is 37.6 cm³/mol. The molecule has 2 heteroatoms. The Hall–Kier alpha value is -0.790. The fourth-order valence-electron chi connectivity index (χ4n) is 1.92. The van der Waals surface area contributed by atoms with Crippen molar-refractivity contribution in [3.63, 3.8) is 0 Å². The monoisotopic (exact) mass is 134 g/mol. The molecular weight excluding hydrogens is 124 g/mol. The molecule has 2 nitrogen and oxygen atoms in total. The maximum atomic E-state index is 4.25. The van der Waals surface area contributed by atoms with E-state index in [4.69, 9.17) is 0 Å². The summed E-state index contributed by atoms with van der Waals surface area (Å²) in [5, 5.41) is 4.25. The van der Waals surface area contributed by atoms with Crippen molar-refractivity contribution in [2.24, 2.45) is 5.41 Å². The normalized spacial score (nSPS) is 25.2. The van der Waals surface area contributed by atoms with Gasteiger partial charge in [0, 0.05) is 18.4 Å². The molecule has 0 saturated heterocycles. The molecule has 52 valence electrons. The Morgan fingerprint density at radius 3 is 3.10 bits per heavy atom. The third-order valence-electron chi connectivity index (χ3n) is 2.80. The molecule has 1 aliphatic heterocycles. The first-order valence-corrected chi connectivity index (χ1v) is 3.89. The molecule has 1 fully saturated rings. The lowest BCUT2D eigenvalue weighted by molar-refractivity contribution is 0.471. The molecule has 0 radical (unpaired) electrons. The third kappa shape index (κ3) is 0.474. The highest BCUT2D eigenvalue weighted by Gasteiger charge is 2.47. The van der Waals surface area contributed by atoms with E-state index in [1.54, 1.807) is 0 Å². The summed E-state index contributed by atoms with van der Waals surface area (Å²) in [6, 6.07) is 2.15. The van der Waals surface area contributed by atoms with Gasteiger partial charge >= 0.3 is 0 Å². The van der Waals surface area contributed by atoms with Crippen molar-refractivity contribution in [3.05, 3.63) is 18.0 Å². The third-order valence-corrected chi connectivity index (χ3v) is 2.80. The van der Waals surface area contributed by atoms with E-state index < -0.39 is 0 Å². The molecular formula is C8H10N2. The van der Waals surface area contributed by atoms with Gasteiger partial charge in [0.05, 0.1) is 0 Å². The second kappa shape index (κ2) is 1.29. The largest absolute Gasteiger partial charge is 0.269 e. The van der Waals surface area contributed by atoms with Crippen LogP contribution in [0.1, 0.15) is 18.5 Å². The van der Waals surface area contributed by atoms with Gasteiger partial charge in [-0.05, 0) is 30.7 Å². The summed E-state index contributed by atoms with van der Waals surface area (Å²) in [4.78, 5) is 0. The van der Waals surface area contributed by atoms with Crippen LogP contribution in [-0.4, -0.2) is 9.78 Å². The molecule has 10 heavy (non-hydrogen) atoms. The second-order valence-electron chi connectivity index (χ2n) is 3.66. The number of nitrogens with zero attached hydrogens (tertiary/aromatic N) is 2. The highest BCUT2D eigenvalue weighted by molar-refractivity contribution is 5.14. The summed E-state index contributed by atoms with van der Waals surface area (Å²) in [6.07, 6.45) is 6.05. The first-order chi connectivity index (χ1) is 4.88. The average molecular weight is 134 g/mol. The lowest BCUT2D eigenvalue weighted by atomic mass is 10.1. The molecule has 1 aliphatic carbocycles. The van der Waals surface area contributed by atoms with E-state index in [2.05, 4.69) is 15.8 Å². The molecule has 0 N–H and O–H groups in total. The quantitative estimate of drug-likeness (QED) is 0.521. The first-order valence-electron chi connectivity index (χ1n) is 3.89. The van der Waals surface area contributed by atoms with Crippen molar-refractivity contribution in [3.8, 4) is 0 Å². The van der Waals surface area contributed by atoms with Crippen LogP contribution < -0.4 is 0 Å². The highest BCUT2D eigenvalue weighted by atomic mass is 15.3. The van der Waals surface area contributed by atoms with E-state index >= 15 is 0 Å². The van der Waals surface area contributed by atoms with Gasteiger partial charge in [0.2, 0.25) is 0 Å². The molecule has 0 aromatic carbocycles. The zero-order valence-corrected chi connectivity index (χ0v) is 5.88. The van der Waals surface area contributed by atoms with Crippen LogP contribution in [0.2, 0.25) is 0 Å². The minimum atomic E-state index is 0.684. The van der Waals surface area contributed by atoms with Gasteiger partial charge in [0.1, 0.15) is 0 Å². The Balaban J connectivity index is 2.07. The van der Waals surface area contributed by atoms with Gasteiger partial charge in [0.25, 0.3) is 0 Å². The molecule has 1 aromatic heterocycles. The predicted octanol–water partition coefficient (Wildman–Crippen LogP) is 1.22. The molecule has 3 rings (SSSR count). The summed E-state index contributed by atoms with van der Waals surface area (Å²) in [5.74, 6) is 0. The first kappa shape index (κ1) is 4.94. The second-order valence-corrected chi connectivity index (χ2v) is 3.66. The van der Waals surface area contributed by atoms with Gasteiger partial charge in [-0.25, -0.2) is 0 Å². The van der Waals surface area contributed by atoms with E-state index in [0.717, 1.165) is 0 Å². The molecule has 0 atom stereocenters. The van der Waals surface area contributed by atoms with Crippen LogP contribution in [0.3, 0.4) is 0 Å². The topological polar surface area (TPSA) is 17.8 Å². The Labute approximate surface area is 59.9 Å². The van der Waals surface area contributed by atoms with Crippen LogP contribution in [0.5, 0.6) is 0 Å². The SMILES string of the molecule is c1cc2n(n1)CC1(CC1)C2. The summed E-state index contributed by atoms with van der Waals surface area (Å²) >= 11 is 0. The van der Waals surface area contributed by atoms with Crippen molar-refractivity contribution in [1.29, 1.82) is 0 Å². The van der Waals surface area contributed by atoms with Crippen LogP contribution >= 0.6 is 0 Å². The smallest absolute Gasteiger partial charge is 0.0492 e. The summed E-state index contributed by atoms with van der Waals surface area (Å²) < 4.78 is 2.16. The number of rotatable bonds is 0. The maximum Gasteiger partial charge on any atom is 0.0492 e. The molecule has 2 heterocycles. The Morgan fingerprint density at radius 1 is 1.50 bits per heavy atom. The number of aromatic nitrogens is 2. The van der Waals surface area contributed by atoms with Gasteiger partial charge in [-0.3, -0.25) is 4.68 Å². The Morgan fingerprint density at radius 2 is 2.40 bits per heavy atom. The number of hydrogen-bond acceptors (Lipinski definition) is 1. The standard InChI is InChI=1S/C8H10N2/c1-4-9-10-6-8(2-3-8)5-7(1)10/h1,4H,2-3,5-6H2. The van der Waals surface area contributed by atoms with E-state index in [1.165, 1.54) is 31.5 Å². The zero-order valence-electron chi connectivity index (χ0n) is 5.88. The van der Waals surface area contributed by atoms with E-state index in [1.807, 2.05) is 6.20 Å². The van der Waals surface area contributed by atoms with Crippen LogP contribution in [0, 0.1) is 5.41 Å².